The number of carbonyl (C=O) groups excluding carboxylic acids is 1. The van der Waals surface area contributed by atoms with Crippen LogP contribution in [0.2, 0.25) is 0 Å². The fourth-order valence-electron chi connectivity index (χ4n) is 1.94. The van der Waals surface area contributed by atoms with Crippen molar-refractivity contribution in [2.75, 3.05) is 38.1 Å². The number of ether oxygens (including phenoxy) is 1. The van der Waals surface area contributed by atoms with Crippen LogP contribution >= 0.6 is 24.8 Å². The number of hydrogen-bond acceptors (Lipinski definition) is 5. The molecule has 0 aliphatic carbocycles. The second-order valence-corrected chi connectivity index (χ2v) is 4.86. The highest BCUT2D eigenvalue weighted by atomic mass is 35.5. The number of amides is 1. The monoisotopic (exact) mass is 350 g/mol. The maximum Gasteiger partial charge on any atom is 0.250 e. The van der Waals surface area contributed by atoms with Crippen molar-refractivity contribution >= 4 is 36.5 Å². The number of carbonyl (C=O) groups is 1. The summed E-state index contributed by atoms with van der Waals surface area (Å²) in [7, 11) is 0. The molecule has 1 aromatic heterocycles. The summed E-state index contributed by atoms with van der Waals surface area (Å²) in [6, 6.07) is 3.97. The Balaban J connectivity index is 0.00000220. The quantitative estimate of drug-likeness (QED) is 0.671. The molecular formula is C14H24Cl2N4O2. The van der Waals surface area contributed by atoms with Crippen molar-refractivity contribution in [3.63, 3.8) is 0 Å². The molecule has 126 valence electrons. The molecule has 1 aliphatic rings. The molecule has 1 saturated heterocycles. The smallest absolute Gasteiger partial charge is 0.250 e. The largest absolute Gasteiger partial charge is 0.370 e. The van der Waals surface area contributed by atoms with Gasteiger partial charge in [0.25, 0.3) is 0 Å². The van der Waals surface area contributed by atoms with Crippen molar-refractivity contribution in [1.29, 1.82) is 0 Å². The number of hydrogen-bond donors (Lipinski definition) is 3. The fourth-order valence-corrected chi connectivity index (χ4v) is 1.94. The fraction of sp³-hybridized carbons (Fsp3) is 0.571. The van der Waals surface area contributed by atoms with Crippen LogP contribution in [0.3, 0.4) is 0 Å². The zero-order chi connectivity index (χ0) is 14.2. The third kappa shape index (κ3) is 7.26. The number of pyridine rings is 1. The first kappa shape index (κ1) is 20.9. The van der Waals surface area contributed by atoms with Gasteiger partial charge in [0.15, 0.2) is 0 Å². The second-order valence-electron chi connectivity index (χ2n) is 4.86. The SMILES string of the molecule is Cc1ccc(NCCCNC(=O)C2CNCCO2)nc1.Cl.Cl. The molecule has 0 radical (unpaired) electrons. The Morgan fingerprint density at radius 1 is 1.41 bits per heavy atom. The van der Waals surface area contributed by atoms with Crippen molar-refractivity contribution in [2.45, 2.75) is 19.4 Å². The first-order valence-corrected chi connectivity index (χ1v) is 7.02. The van der Waals surface area contributed by atoms with Gasteiger partial charge in [-0.15, -0.1) is 24.8 Å². The molecule has 8 heteroatoms. The van der Waals surface area contributed by atoms with Gasteiger partial charge in [0.2, 0.25) is 5.91 Å². The Morgan fingerprint density at radius 3 is 2.86 bits per heavy atom. The minimum absolute atomic E-state index is 0. The molecule has 2 rings (SSSR count). The molecule has 0 aromatic carbocycles. The Morgan fingerprint density at radius 2 is 2.23 bits per heavy atom. The lowest BCUT2D eigenvalue weighted by molar-refractivity contribution is -0.134. The third-order valence-corrected chi connectivity index (χ3v) is 3.09. The molecule has 1 fully saturated rings. The maximum absolute atomic E-state index is 11.8. The minimum atomic E-state index is -0.351. The summed E-state index contributed by atoms with van der Waals surface area (Å²) >= 11 is 0. The molecular weight excluding hydrogens is 327 g/mol. The summed E-state index contributed by atoms with van der Waals surface area (Å²) in [6.07, 6.45) is 2.33. The van der Waals surface area contributed by atoms with Crippen molar-refractivity contribution in [3.05, 3.63) is 23.9 Å². The molecule has 1 aliphatic heterocycles. The number of halogens is 2. The van der Waals surface area contributed by atoms with Crippen molar-refractivity contribution in [2.24, 2.45) is 0 Å². The predicted octanol–water partition coefficient (Wildman–Crippen LogP) is 1.14. The van der Waals surface area contributed by atoms with Gasteiger partial charge in [0.05, 0.1) is 6.61 Å². The van der Waals surface area contributed by atoms with E-state index in [2.05, 4.69) is 20.9 Å². The van der Waals surface area contributed by atoms with Crippen LogP contribution in [0.1, 0.15) is 12.0 Å². The minimum Gasteiger partial charge on any atom is -0.370 e. The first-order valence-electron chi connectivity index (χ1n) is 7.02. The van der Waals surface area contributed by atoms with Crippen LogP contribution in [0.15, 0.2) is 18.3 Å². The number of nitrogens with one attached hydrogen (secondary N) is 3. The highest BCUT2D eigenvalue weighted by Gasteiger charge is 2.20. The lowest BCUT2D eigenvalue weighted by Gasteiger charge is -2.22. The molecule has 22 heavy (non-hydrogen) atoms. The van der Waals surface area contributed by atoms with E-state index in [9.17, 15) is 4.79 Å². The lowest BCUT2D eigenvalue weighted by Crippen LogP contribution is -2.48. The van der Waals surface area contributed by atoms with Gasteiger partial charge >= 0.3 is 0 Å². The standard InChI is InChI=1S/C14H22N4O2.2ClH/c1-11-3-4-13(18-9-11)16-5-2-6-17-14(19)12-10-15-7-8-20-12;;/h3-4,9,12,15H,2,5-8,10H2,1H3,(H,16,18)(H,17,19);2*1H. The summed E-state index contributed by atoms with van der Waals surface area (Å²) < 4.78 is 5.38. The lowest BCUT2D eigenvalue weighted by atomic mass is 10.3. The highest BCUT2D eigenvalue weighted by molar-refractivity contribution is 5.85. The number of anilines is 1. The van der Waals surface area contributed by atoms with E-state index >= 15 is 0 Å². The van der Waals surface area contributed by atoms with Gasteiger partial charge in [0, 0.05) is 32.4 Å². The van der Waals surface area contributed by atoms with Gasteiger partial charge in [-0.25, -0.2) is 4.98 Å². The molecule has 2 heterocycles. The normalized spacial score (nSPS) is 16.9. The van der Waals surface area contributed by atoms with E-state index < -0.39 is 0 Å². The molecule has 0 spiro atoms. The summed E-state index contributed by atoms with van der Waals surface area (Å²) in [5.41, 5.74) is 1.14. The summed E-state index contributed by atoms with van der Waals surface area (Å²) in [4.78, 5) is 16.0. The van der Waals surface area contributed by atoms with Crippen LogP contribution in [0.25, 0.3) is 0 Å². The van der Waals surface area contributed by atoms with E-state index in [4.69, 9.17) is 4.74 Å². The molecule has 6 nitrogen and oxygen atoms in total. The average molecular weight is 351 g/mol. The van der Waals surface area contributed by atoms with Gasteiger partial charge in [-0.3, -0.25) is 4.79 Å². The van der Waals surface area contributed by atoms with E-state index in [-0.39, 0.29) is 36.8 Å². The summed E-state index contributed by atoms with van der Waals surface area (Å²) in [5.74, 6) is 0.826. The Kier molecular flexibility index (Phi) is 10.9. The third-order valence-electron chi connectivity index (χ3n) is 3.09. The van der Waals surface area contributed by atoms with Crippen molar-refractivity contribution in [1.82, 2.24) is 15.6 Å². The van der Waals surface area contributed by atoms with E-state index in [0.717, 1.165) is 30.9 Å². The van der Waals surface area contributed by atoms with E-state index in [1.54, 1.807) is 0 Å². The van der Waals surface area contributed by atoms with Crippen LogP contribution in [0, 0.1) is 6.92 Å². The molecule has 3 N–H and O–H groups in total. The number of aromatic nitrogens is 1. The molecule has 1 unspecified atom stereocenters. The predicted molar refractivity (Wildman–Crippen MR) is 92.2 cm³/mol. The van der Waals surface area contributed by atoms with Crippen molar-refractivity contribution in [3.8, 4) is 0 Å². The van der Waals surface area contributed by atoms with Gasteiger partial charge < -0.3 is 20.7 Å². The van der Waals surface area contributed by atoms with Crippen LogP contribution in [0.4, 0.5) is 5.82 Å². The van der Waals surface area contributed by atoms with Crippen molar-refractivity contribution < 1.29 is 9.53 Å². The Hall–Kier alpha value is -1.08. The van der Waals surface area contributed by atoms with Crippen LogP contribution in [-0.4, -0.2) is 49.8 Å². The van der Waals surface area contributed by atoms with Gasteiger partial charge in [-0.2, -0.15) is 0 Å². The first-order chi connectivity index (χ1) is 9.75. The Labute approximate surface area is 143 Å². The van der Waals surface area contributed by atoms with Gasteiger partial charge in [-0.05, 0) is 25.0 Å². The highest BCUT2D eigenvalue weighted by Crippen LogP contribution is 2.03. The summed E-state index contributed by atoms with van der Waals surface area (Å²) in [6.45, 7) is 5.43. The van der Waals surface area contributed by atoms with E-state index in [1.165, 1.54) is 0 Å². The van der Waals surface area contributed by atoms with E-state index in [0.29, 0.717) is 19.7 Å². The van der Waals surface area contributed by atoms with Crippen LogP contribution in [-0.2, 0) is 9.53 Å². The van der Waals surface area contributed by atoms with Crippen LogP contribution < -0.4 is 16.0 Å². The number of aryl methyl sites for hydroxylation is 1. The number of nitrogens with zero attached hydrogens (tertiary/aromatic N) is 1. The molecule has 0 bridgehead atoms. The number of morpholine rings is 1. The molecule has 0 saturated carbocycles. The van der Waals surface area contributed by atoms with Crippen LogP contribution in [0.5, 0.6) is 0 Å². The zero-order valence-corrected chi connectivity index (χ0v) is 14.3. The topological polar surface area (TPSA) is 75.3 Å². The average Bonchev–Trinajstić information content (AvgIpc) is 2.49. The van der Waals surface area contributed by atoms with Gasteiger partial charge in [-0.1, -0.05) is 6.07 Å². The number of rotatable bonds is 6. The Bertz CT molecular complexity index is 425. The van der Waals surface area contributed by atoms with E-state index in [1.807, 2.05) is 25.3 Å². The molecule has 1 atom stereocenters. The zero-order valence-electron chi connectivity index (χ0n) is 12.6. The second kappa shape index (κ2) is 11.5. The summed E-state index contributed by atoms with van der Waals surface area (Å²) in [5, 5.41) is 9.24. The molecule has 1 amide bonds. The maximum atomic E-state index is 11.8. The van der Waals surface area contributed by atoms with Gasteiger partial charge in [0.1, 0.15) is 11.9 Å². The molecule has 1 aromatic rings.